The topological polar surface area (TPSA) is 82.7 Å². The van der Waals surface area contributed by atoms with Gasteiger partial charge in [0.05, 0.1) is 6.04 Å². The van der Waals surface area contributed by atoms with Crippen LogP contribution in [0.5, 0.6) is 0 Å². The highest BCUT2D eigenvalue weighted by Crippen LogP contribution is 2.38. The number of carbonyl (C=O) groups is 1. The van der Waals surface area contributed by atoms with E-state index in [1.807, 2.05) is 6.92 Å². The first-order valence-corrected chi connectivity index (χ1v) is 7.15. The largest absolute Gasteiger partial charge is 0.387 e. The first-order chi connectivity index (χ1) is 9.69. The summed E-state index contributed by atoms with van der Waals surface area (Å²) in [5.74, 6) is 1.79. The van der Waals surface area contributed by atoms with Crippen molar-refractivity contribution < 1.29 is 14.4 Å². The smallest absolute Gasteiger partial charge is 0.248 e. The van der Waals surface area contributed by atoms with Gasteiger partial charge >= 0.3 is 0 Å². The Kier molecular flexibility index (Phi) is 3.71. The molecule has 1 amide bonds. The molecular formula is C13H20N4O3. The number of aliphatic hydroxyl groups excluding tert-OH is 1. The number of piperazine rings is 1. The Hall–Kier alpha value is -1.47. The first kappa shape index (κ1) is 13.5. The van der Waals surface area contributed by atoms with Gasteiger partial charge in [-0.15, -0.1) is 0 Å². The van der Waals surface area contributed by atoms with E-state index < -0.39 is 6.61 Å². The van der Waals surface area contributed by atoms with Gasteiger partial charge in [0.2, 0.25) is 11.8 Å². The van der Waals surface area contributed by atoms with Gasteiger partial charge in [-0.1, -0.05) is 5.16 Å². The zero-order valence-electron chi connectivity index (χ0n) is 11.7. The van der Waals surface area contributed by atoms with E-state index in [0.29, 0.717) is 24.9 Å². The van der Waals surface area contributed by atoms with Gasteiger partial charge in [-0.2, -0.15) is 4.98 Å². The van der Waals surface area contributed by atoms with Gasteiger partial charge in [0.1, 0.15) is 6.61 Å². The molecule has 2 heterocycles. The fraction of sp³-hybridized carbons (Fsp3) is 0.769. The van der Waals surface area contributed by atoms with Gasteiger partial charge < -0.3 is 14.5 Å². The second kappa shape index (κ2) is 5.49. The summed E-state index contributed by atoms with van der Waals surface area (Å²) in [4.78, 5) is 19.8. The lowest BCUT2D eigenvalue weighted by Crippen LogP contribution is -2.50. The molecule has 2 fully saturated rings. The van der Waals surface area contributed by atoms with E-state index in [1.54, 1.807) is 4.90 Å². The fourth-order valence-electron chi connectivity index (χ4n) is 2.54. The Bertz CT molecular complexity index is 478. The Labute approximate surface area is 117 Å². The molecule has 1 aromatic heterocycles. The van der Waals surface area contributed by atoms with E-state index in [-0.39, 0.29) is 11.9 Å². The molecule has 3 rings (SSSR count). The third-order valence-electron chi connectivity index (χ3n) is 4.11. The van der Waals surface area contributed by atoms with Crippen LogP contribution in [0, 0.1) is 0 Å². The summed E-state index contributed by atoms with van der Waals surface area (Å²) in [5.41, 5.74) is 0. The summed E-state index contributed by atoms with van der Waals surface area (Å²) in [5, 5.41) is 12.9. The highest BCUT2D eigenvalue weighted by Gasteiger charge is 2.31. The monoisotopic (exact) mass is 280 g/mol. The average Bonchev–Trinajstić information content (AvgIpc) is 3.23. The third kappa shape index (κ3) is 2.69. The van der Waals surface area contributed by atoms with Gasteiger partial charge in [-0.3, -0.25) is 9.69 Å². The molecule has 0 spiro atoms. The van der Waals surface area contributed by atoms with Crippen molar-refractivity contribution in [3.05, 3.63) is 11.7 Å². The predicted octanol–water partition coefficient (Wildman–Crippen LogP) is 0.145. The van der Waals surface area contributed by atoms with Crippen LogP contribution < -0.4 is 0 Å². The van der Waals surface area contributed by atoms with E-state index in [4.69, 9.17) is 9.63 Å². The molecule has 0 bridgehead atoms. The van der Waals surface area contributed by atoms with Gasteiger partial charge in [0.25, 0.3) is 0 Å². The van der Waals surface area contributed by atoms with Crippen molar-refractivity contribution in [1.29, 1.82) is 0 Å². The molecule has 7 heteroatoms. The zero-order valence-corrected chi connectivity index (χ0v) is 11.7. The minimum atomic E-state index is -0.413. The number of hydrogen-bond acceptors (Lipinski definition) is 6. The lowest BCUT2D eigenvalue weighted by atomic mass is 10.2. The van der Waals surface area contributed by atoms with Crippen molar-refractivity contribution in [3.63, 3.8) is 0 Å². The van der Waals surface area contributed by atoms with E-state index in [0.717, 1.165) is 31.8 Å². The van der Waals surface area contributed by atoms with E-state index in [9.17, 15) is 4.79 Å². The van der Waals surface area contributed by atoms with Crippen LogP contribution in [0.4, 0.5) is 0 Å². The molecule has 1 aliphatic heterocycles. The van der Waals surface area contributed by atoms with Crippen molar-refractivity contribution >= 4 is 5.91 Å². The summed E-state index contributed by atoms with van der Waals surface area (Å²) >= 11 is 0. The van der Waals surface area contributed by atoms with Gasteiger partial charge in [0.15, 0.2) is 5.82 Å². The Morgan fingerprint density at radius 3 is 2.70 bits per heavy atom. The summed E-state index contributed by atoms with van der Waals surface area (Å²) in [6, 6.07) is 0.0707. The Morgan fingerprint density at radius 2 is 2.10 bits per heavy atom. The molecule has 1 aromatic rings. The molecule has 0 aromatic carbocycles. The van der Waals surface area contributed by atoms with Crippen molar-refractivity contribution in [2.75, 3.05) is 32.8 Å². The molecule has 110 valence electrons. The molecule has 1 saturated heterocycles. The van der Waals surface area contributed by atoms with Crippen LogP contribution in [0.3, 0.4) is 0 Å². The summed E-state index contributed by atoms with van der Waals surface area (Å²) in [6.07, 6.45) is 2.32. The Morgan fingerprint density at radius 1 is 1.40 bits per heavy atom. The molecule has 1 unspecified atom stereocenters. The maximum absolute atomic E-state index is 11.4. The lowest BCUT2D eigenvalue weighted by Gasteiger charge is -2.36. The van der Waals surface area contributed by atoms with Gasteiger partial charge in [-0.05, 0) is 19.8 Å². The van der Waals surface area contributed by atoms with Crippen LogP contribution in [0.2, 0.25) is 0 Å². The molecule has 2 aliphatic rings. The first-order valence-electron chi connectivity index (χ1n) is 7.15. The SMILES string of the molecule is CC(c1nc(C2CC2)no1)N1CCN(C(=O)CO)CC1. The van der Waals surface area contributed by atoms with Gasteiger partial charge in [0, 0.05) is 32.1 Å². The van der Waals surface area contributed by atoms with E-state index >= 15 is 0 Å². The molecule has 20 heavy (non-hydrogen) atoms. The van der Waals surface area contributed by atoms with Crippen LogP contribution in [-0.2, 0) is 4.79 Å². The van der Waals surface area contributed by atoms with Crippen LogP contribution in [0.1, 0.15) is 43.4 Å². The molecule has 1 saturated carbocycles. The van der Waals surface area contributed by atoms with Crippen molar-refractivity contribution in [2.45, 2.75) is 31.7 Å². The molecule has 1 aliphatic carbocycles. The van der Waals surface area contributed by atoms with E-state index in [1.165, 1.54) is 0 Å². The van der Waals surface area contributed by atoms with E-state index in [2.05, 4.69) is 15.0 Å². The summed E-state index contributed by atoms with van der Waals surface area (Å²) < 4.78 is 5.35. The second-order valence-corrected chi connectivity index (χ2v) is 5.52. The highest BCUT2D eigenvalue weighted by atomic mass is 16.5. The Balaban J connectivity index is 1.57. The molecule has 0 radical (unpaired) electrons. The maximum Gasteiger partial charge on any atom is 0.248 e. The number of hydrogen-bond donors (Lipinski definition) is 1. The molecule has 1 N–H and O–H groups in total. The number of carbonyl (C=O) groups excluding carboxylic acids is 1. The van der Waals surface area contributed by atoms with Crippen molar-refractivity contribution in [2.24, 2.45) is 0 Å². The molecule has 1 atom stereocenters. The minimum Gasteiger partial charge on any atom is -0.387 e. The van der Waals surface area contributed by atoms with Crippen LogP contribution >= 0.6 is 0 Å². The molecule has 7 nitrogen and oxygen atoms in total. The highest BCUT2D eigenvalue weighted by molar-refractivity contribution is 5.77. The van der Waals surface area contributed by atoms with Crippen LogP contribution in [0.15, 0.2) is 4.52 Å². The quantitative estimate of drug-likeness (QED) is 0.845. The predicted molar refractivity (Wildman–Crippen MR) is 69.9 cm³/mol. The number of aromatic nitrogens is 2. The van der Waals surface area contributed by atoms with Crippen molar-refractivity contribution in [3.8, 4) is 0 Å². The van der Waals surface area contributed by atoms with Gasteiger partial charge in [-0.25, -0.2) is 0 Å². The third-order valence-corrected chi connectivity index (χ3v) is 4.11. The summed E-state index contributed by atoms with van der Waals surface area (Å²) in [7, 11) is 0. The van der Waals surface area contributed by atoms with Crippen LogP contribution in [0.25, 0.3) is 0 Å². The number of nitrogens with zero attached hydrogens (tertiary/aromatic N) is 4. The van der Waals surface area contributed by atoms with Crippen LogP contribution in [-0.4, -0.2) is 63.7 Å². The standard InChI is InChI=1S/C13H20N4O3/c1-9(13-14-12(15-20-13)10-2-3-10)16-4-6-17(7-5-16)11(19)8-18/h9-10,18H,2-8H2,1H3. The maximum atomic E-state index is 11.4. The van der Waals surface area contributed by atoms with Crippen molar-refractivity contribution in [1.82, 2.24) is 19.9 Å². The molecular weight excluding hydrogens is 260 g/mol. The number of aliphatic hydroxyl groups is 1. The number of amides is 1. The minimum absolute atomic E-state index is 0.0707. The zero-order chi connectivity index (χ0) is 14.1. The second-order valence-electron chi connectivity index (χ2n) is 5.52. The average molecular weight is 280 g/mol. The summed E-state index contributed by atoms with van der Waals surface area (Å²) in [6.45, 7) is 4.42. The lowest BCUT2D eigenvalue weighted by molar-refractivity contribution is -0.136. The fourth-order valence-corrected chi connectivity index (χ4v) is 2.54. The number of rotatable bonds is 4. The normalized spacial score (nSPS) is 22.0.